The van der Waals surface area contributed by atoms with Gasteiger partial charge in [0.2, 0.25) is 5.82 Å². The van der Waals surface area contributed by atoms with Crippen molar-refractivity contribution in [1.82, 2.24) is 10.1 Å². The fourth-order valence-corrected chi connectivity index (χ4v) is 1.92. The Bertz CT molecular complexity index is 707. The zero-order chi connectivity index (χ0) is 13.2. The second-order valence-corrected chi connectivity index (χ2v) is 4.36. The summed E-state index contributed by atoms with van der Waals surface area (Å²) in [4.78, 5) is 4.30. The van der Waals surface area contributed by atoms with Gasteiger partial charge in [0, 0.05) is 11.1 Å². The zero-order valence-corrected chi connectivity index (χ0v) is 10.5. The van der Waals surface area contributed by atoms with Crippen LogP contribution >= 0.6 is 11.6 Å². The normalized spacial score (nSPS) is 10.6. The monoisotopic (exact) mass is 272 g/mol. The first-order chi connectivity index (χ1) is 9.24. The van der Waals surface area contributed by atoms with E-state index in [1.54, 1.807) is 30.3 Å². The van der Waals surface area contributed by atoms with Gasteiger partial charge in [-0.1, -0.05) is 28.9 Å². The second kappa shape index (κ2) is 4.74. The van der Waals surface area contributed by atoms with Crippen LogP contribution in [0.1, 0.15) is 0 Å². The van der Waals surface area contributed by atoms with Crippen molar-refractivity contribution in [2.45, 2.75) is 0 Å². The summed E-state index contributed by atoms with van der Waals surface area (Å²) in [6.07, 6.45) is 0. The predicted octanol–water partition coefficient (Wildman–Crippen LogP) is 3.76. The molecule has 1 heterocycles. The van der Waals surface area contributed by atoms with Gasteiger partial charge in [-0.2, -0.15) is 4.98 Å². The van der Waals surface area contributed by atoms with Gasteiger partial charge in [0.05, 0.1) is 5.02 Å². The van der Waals surface area contributed by atoms with Gasteiger partial charge in [-0.15, -0.1) is 0 Å². The van der Waals surface area contributed by atoms with E-state index in [-0.39, 0.29) is 5.75 Å². The molecule has 0 spiro atoms. The number of hydrogen-bond acceptors (Lipinski definition) is 4. The van der Waals surface area contributed by atoms with Gasteiger partial charge in [0.25, 0.3) is 5.89 Å². The summed E-state index contributed by atoms with van der Waals surface area (Å²) in [5.74, 6) is 1.01. The summed E-state index contributed by atoms with van der Waals surface area (Å²) in [7, 11) is 0. The molecule has 94 valence electrons. The molecule has 0 unspecified atom stereocenters. The van der Waals surface area contributed by atoms with E-state index >= 15 is 0 Å². The lowest BCUT2D eigenvalue weighted by atomic mass is 10.2. The molecule has 0 bridgehead atoms. The van der Waals surface area contributed by atoms with E-state index in [1.807, 2.05) is 18.2 Å². The van der Waals surface area contributed by atoms with Gasteiger partial charge in [-0.25, -0.2) is 0 Å². The number of benzene rings is 2. The highest BCUT2D eigenvalue weighted by Gasteiger charge is 2.12. The first kappa shape index (κ1) is 11.7. The highest BCUT2D eigenvalue weighted by Crippen LogP contribution is 2.27. The Morgan fingerprint density at radius 3 is 2.47 bits per heavy atom. The molecule has 1 N–H and O–H groups in total. The molecular weight excluding hydrogens is 264 g/mol. The maximum Gasteiger partial charge on any atom is 0.258 e. The number of halogens is 1. The number of rotatable bonds is 2. The molecule has 0 amide bonds. The van der Waals surface area contributed by atoms with Gasteiger partial charge in [-0.3, -0.25) is 0 Å². The summed E-state index contributed by atoms with van der Waals surface area (Å²) in [5.41, 5.74) is 1.46. The molecular formula is C14H9ClN2O2. The summed E-state index contributed by atoms with van der Waals surface area (Å²) in [6, 6.07) is 13.8. The summed E-state index contributed by atoms with van der Waals surface area (Å²) in [6.45, 7) is 0. The molecule has 0 saturated carbocycles. The highest BCUT2D eigenvalue weighted by molar-refractivity contribution is 6.33. The lowest BCUT2D eigenvalue weighted by Gasteiger charge is -1.96. The van der Waals surface area contributed by atoms with Crippen LogP contribution in [0.15, 0.2) is 53.1 Å². The highest BCUT2D eigenvalue weighted by atomic mass is 35.5. The lowest BCUT2D eigenvalue weighted by molar-refractivity contribution is 0.432. The van der Waals surface area contributed by atoms with Crippen molar-refractivity contribution in [3.8, 4) is 28.6 Å². The molecule has 19 heavy (non-hydrogen) atoms. The zero-order valence-electron chi connectivity index (χ0n) is 9.75. The van der Waals surface area contributed by atoms with E-state index in [2.05, 4.69) is 10.1 Å². The maximum absolute atomic E-state index is 9.24. The van der Waals surface area contributed by atoms with E-state index in [0.29, 0.717) is 16.7 Å². The van der Waals surface area contributed by atoms with E-state index < -0.39 is 0 Å². The molecule has 3 aromatic rings. The van der Waals surface area contributed by atoms with Crippen LogP contribution in [-0.2, 0) is 0 Å². The summed E-state index contributed by atoms with van der Waals surface area (Å²) >= 11 is 6.08. The minimum atomic E-state index is 0.189. The molecule has 0 aliphatic carbocycles. The Morgan fingerprint density at radius 2 is 1.74 bits per heavy atom. The van der Waals surface area contributed by atoms with Gasteiger partial charge in [0.15, 0.2) is 0 Å². The Kier molecular flexibility index (Phi) is 2.93. The number of aromatic hydroxyl groups is 1. The Hall–Kier alpha value is -2.33. The SMILES string of the molecule is Oc1ccc(-c2nc(-c3ccccc3Cl)no2)cc1. The van der Waals surface area contributed by atoms with Crippen molar-refractivity contribution >= 4 is 11.6 Å². The minimum absolute atomic E-state index is 0.189. The van der Waals surface area contributed by atoms with Crippen molar-refractivity contribution in [2.24, 2.45) is 0 Å². The number of aromatic nitrogens is 2. The number of nitrogens with zero attached hydrogens (tertiary/aromatic N) is 2. The van der Waals surface area contributed by atoms with Crippen LogP contribution in [0.25, 0.3) is 22.8 Å². The number of phenols is 1. The largest absolute Gasteiger partial charge is 0.508 e. The molecule has 0 aliphatic heterocycles. The van der Waals surface area contributed by atoms with E-state index in [0.717, 1.165) is 11.1 Å². The van der Waals surface area contributed by atoms with Gasteiger partial charge in [0.1, 0.15) is 5.75 Å². The third kappa shape index (κ3) is 2.30. The molecule has 1 aromatic heterocycles. The molecule has 0 radical (unpaired) electrons. The molecule has 2 aromatic carbocycles. The fraction of sp³-hybridized carbons (Fsp3) is 0. The van der Waals surface area contributed by atoms with E-state index in [1.165, 1.54) is 0 Å². The smallest absolute Gasteiger partial charge is 0.258 e. The molecule has 0 aliphatic rings. The average Bonchev–Trinajstić information content (AvgIpc) is 2.89. The molecule has 0 saturated heterocycles. The van der Waals surface area contributed by atoms with Crippen molar-refractivity contribution in [2.75, 3.05) is 0 Å². The van der Waals surface area contributed by atoms with Gasteiger partial charge >= 0.3 is 0 Å². The Balaban J connectivity index is 2.00. The predicted molar refractivity (Wildman–Crippen MR) is 71.8 cm³/mol. The average molecular weight is 273 g/mol. The van der Waals surface area contributed by atoms with Crippen molar-refractivity contribution < 1.29 is 9.63 Å². The molecule has 4 nitrogen and oxygen atoms in total. The molecule has 0 fully saturated rings. The third-order valence-electron chi connectivity index (χ3n) is 2.66. The minimum Gasteiger partial charge on any atom is -0.508 e. The Labute approximate surface area is 114 Å². The number of phenolic OH excluding ortho intramolecular Hbond substituents is 1. The van der Waals surface area contributed by atoms with Crippen LogP contribution in [-0.4, -0.2) is 15.2 Å². The van der Waals surface area contributed by atoms with Gasteiger partial charge in [-0.05, 0) is 36.4 Å². The van der Waals surface area contributed by atoms with Crippen molar-refractivity contribution in [3.05, 3.63) is 53.6 Å². The van der Waals surface area contributed by atoms with Crippen LogP contribution in [0.3, 0.4) is 0 Å². The summed E-state index contributed by atoms with van der Waals surface area (Å²) < 4.78 is 5.20. The van der Waals surface area contributed by atoms with E-state index in [4.69, 9.17) is 16.1 Å². The second-order valence-electron chi connectivity index (χ2n) is 3.95. The van der Waals surface area contributed by atoms with Crippen LogP contribution < -0.4 is 0 Å². The first-order valence-corrected chi connectivity index (χ1v) is 6.00. The molecule has 5 heteroatoms. The third-order valence-corrected chi connectivity index (χ3v) is 2.98. The Morgan fingerprint density at radius 1 is 1.00 bits per heavy atom. The summed E-state index contributed by atoms with van der Waals surface area (Å²) in [5, 5.41) is 13.7. The van der Waals surface area contributed by atoms with Crippen LogP contribution in [0.2, 0.25) is 5.02 Å². The maximum atomic E-state index is 9.24. The van der Waals surface area contributed by atoms with Crippen molar-refractivity contribution in [1.29, 1.82) is 0 Å². The number of hydrogen-bond donors (Lipinski definition) is 1. The topological polar surface area (TPSA) is 59.2 Å². The molecule has 0 atom stereocenters. The van der Waals surface area contributed by atoms with Crippen molar-refractivity contribution in [3.63, 3.8) is 0 Å². The quantitative estimate of drug-likeness (QED) is 0.771. The lowest BCUT2D eigenvalue weighted by Crippen LogP contribution is -1.82. The fourth-order valence-electron chi connectivity index (χ4n) is 1.70. The standard InChI is InChI=1S/C14H9ClN2O2/c15-12-4-2-1-3-11(12)13-16-14(19-17-13)9-5-7-10(18)8-6-9/h1-8,18H. The van der Waals surface area contributed by atoms with E-state index in [9.17, 15) is 5.11 Å². The van der Waals surface area contributed by atoms with Crippen LogP contribution in [0.5, 0.6) is 5.75 Å². The van der Waals surface area contributed by atoms with Crippen LogP contribution in [0, 0.1) is 0 Å². The van der Waals surface area contributed by atoms with Crippen LogP contribution in [0.4, 0.5) is 0 Å². The first-order valence-electron chi connectivity index (χ1n) is 5.62. The molecule has 3 rings (SSSR count). The van der Waals surface area contributed by atoms with Gasteiger partial charge < -0.3 is 9.63 Å².